The Labute approximate surface area is 341 Å². The topological polar surface area (TPSA) is 38.9 Å². The first-order chi connectivity index (χ1) is 29.5. The second kappa shape index (κ2) is 15.9. The van der Waals surface area contributed by atoms with Crippen LogP contribution in [0.2, 0.25) is 0 Å². The average Bonchev–Trinajstić information content (AvgIpc) is 3.65. The molecular formula is C49H35FIrN2O-2. The van der Waals surface area contributed by atoms with E-state index in [4.69, 9.17) is 16.8 Å². The Bertz CT molecular complexity index is 3040. The fraction of sp³-hybridized carbons (Fsp3) is 0.0612. The molecule has 0 amide bonds. The van der Waals surface area contributed by atoms with Gasteiger partial charge in [0.1, 0.15) is 5.58 Å². The maximum atomic E-state index is 12.9. The first kappa shape index (κ1) is 26.7. The summed E-state index contributed by atoms with van der Waals surface area (Å²) in [6.45, 7) is -7.39. The third kappa shape index (κ3) is 7.56. The van der Waals surface area contributed by atoms with E-state index in [2.05, 4.69) is 28.2 Å². The van der Waals surface area contributed by atoms with Gasteiger partial charge in [0.25, 0.3) is 0 Å². The van der Waals surface area contributed by atoms with E-state index in [9.17, 15) is 4.39 Å². The molecule has 0 atom stereocenters. The predicted octanol–water partition coefficient (Wildman–Crippen LogP) is 13.1. The molecule has 0 spiro atoms. The van der Waals surface area contributed by atoms with Crippen LogP contribution >= 0.6 is 0 Å². The van der Waals surface area contributed by atoms with Gasteiger partial charge < -0.3 is 14.4 Å². The van der Waals surface area contributed by atoms with Gasteiger partial charge in [-0.1, -0.05) is 120 Å². The number of fused-ring (bicyclic) bond motifs is 3. The molecule has 54 heavy (non-hydrogen) atoms. The summed E-state index contributed by atoms with van der Waals surface area (Å²) in [4.78, 5) is 8.59. The first-order valence-corrected chi connectivity index (χ1v) is 16.8. The Morgan fingerprint density at radius 3 is 2.13 bits per heavy atom. The number of aryl methyl sites for hydroxylation is 3. The van der Waals surface area contributed by atoms with Crippen LogP contribution in [0.15, 0.2) is 162 Å². The molecule has 0 bridgehead atoms. The number of rotatable bonds is 5. The minimum Gasteiger partial charge on any atom is -0.501 e. The van der Waals surface area contributed by atoms with Crippen LogP contribution in [0.4, 0.5) is 4.39 Å². The smallest absolute Gasteiger partial charge is 0.120 e. The van der Waals surface area contributed by atoms with Gasteiger partial charge in [-0.05, 0) is 88.6 Å². The molecule has 0 aliphatic carbocycles. The molecule has 9 rings (SSSR count). The van der Waals surface area contributed by atoms with E-state index >= 15 is 0 Å². The molecule has 5 heteroatoms. The van der Waals surface area contributed by atoms with Crippen molar-refractivity contribution in [3.63, 3.8) is 0 Å². The van der Waals surface area contributed by atoms with Gasteiger partial charge in [-0.3, -0.25) is 4.39 Å². The summed E-state index contributed by atoms with van der Waals surface area (Å²) in [5, 5.41) is 2.10. The molecule has 3 aromatic heterocycles. The Balaban J connectivity index is 0.000000229. The second-order valence-electron chi connectivity index (χ2n) is 12.4. The van der Waals surface area contributed by atoms with Crippen molar-refractivity contribution >= 4 is 21.9 Å². The van der Waals surface area contributed by atoms with Gasteiger partial charge in [0.2, 0.25) is 0 Å². The summed E-state index contributed by atoms with van der Waals surface area (Å²) >= 11 is 0. The van der Waals surface area contributed by atoms with Crippen LogP contribution in [0.1, 0.15) is 29.0 Å². The van der Waals surface area contributed by atoms with Crippen LogP contribution < -0.4 is 0 Å². The van der Waals surface area contributed by atoms with Crippen LogP contribution in [-0.4, -0.2) is 9.97 Å². The number of pyridine rings is 2. The van der Waals surface area contributed by atoms with E-state index in [1.54, 1.807) is 12.3 Å². The number of hydrogen-bond donors (Lipinski definition) is 0. The van der Waals surface area contributed by atoms with E-state index in [1.807, 2.05) is 109 Å². The summed E-state index contributed by atoms with van der Waals surface area (Å²) in [5.74, 6) is -0.478. The molecule has 6 aromatic carbocycles. The summed E-state index contributed by atoms with van der Waals surface area (Å²) in [6.07, 6.45) is 2.82. The van der Waals surface area contributed by atoms with E-state index in [1.165, 1.54) is 18.2 Å². The first-order valence-electron chi connectivity index (χ1n) is 21.3. The number of benzene rings is 6. The Morgan fingerprint density at radius 1 is 0.593 bits per heavy atom. The Hall–Kier alpha value is -6.00. The molecule has 9 aromatic rings. The molecule has 0 saturated carbocycles. The molecule has 0 saturated heterocycles. The zero-order valence-corrected chi connectivity index (χ0v) is 30.9. The summed E-state index contributed by atoms with van der Waals surface area (Å²) in [7, 11) is 0. The standard InChI is InChI=1S/C36H24NO.C13H11FN.Ir/c1-24-22-28(25-8-3-2-4-9-25)18-19-30(24)27-16-14-26(15-17-27)29-20-21-37-34(23-29)33-12-7-11-32-31-10-5-6-13-35(31)38-36(32)33;1-9-7-13(15-8-10(9)2)11-3-5-12(14)6-4-11;/h2-11,13-23H,1H3;3,5-8H,1-2H3;/q2*-1;/i1D3;1D3,2D3;. The van der Waals surface area contributed by atoms with E-state index in [0.29, 0.717) is 16.7 Å². The zero-order valence-electron chi connectivity index (χ0n) is 37.5. The predicted molar refractivity (Wildman–Crippen MR) is 215 cm³/mol. The van der Waals surface area contributed by atoms with E-state index in [0.717, 1.165) is 73.3 Å². The van der Waals surface area contributed by atoms with Gasteiger partial charge in [0.15, 0.2) is 0 Å². The quantitative estimate of drug-likeness (QED) is 0.162. The molecule has 0 unspecified atom stereocenters. The van der Waals surface area contributed by atoms with Gasteiger partial charge >= 0.3 is 0 Å². The largest absolute Gasteiger partial charge is 0.501 e. The van der Waals surface area contributed by atoms with Crippen molar-refractivity contribution < 1.29 is 41.2 Å². The van der Waals surface area contributed by atoms with Crippen molar-refractivity contribution in [3.8, 4) is 55.9 Å². The van der Waals surface area contributed by atoms with E-state index < -0.39 is 26.4 Å². The Kier molecular flexibility index (Phi) is 7.88. The van der Waals surface area contributed by atoms with Crippen molar-refractivity contribution in [2.45, 2.75) is 20.6 Å². The number of halogens is 1. The number of nitrogens with zero attached hydrogens (tertiary/aromatic N) is 2. The molecule has 3 nitrogen and oxygen atoms in total. The summed E-state index contributed by atoms with van der Waals surface area (Å²) in [6, 6.07) is 50.3. The number of furan rings is 1. The monoisotopic (exact) mass is 888 g/mol. The minimum atomic E-state index is -2.58. The fourth-order valence-electron chi connectivity index (χ4n) is 6.24. The summed E-state index contributed by atoms with van der Waals surface area (Å²) in [5.41, 5.74) is 9.00. The SMILES string of the molecule is [2H]C([2H])([2H])c1cc(-c2ccccc2)ccc1-c1ccc(-c2ccnc(-c3[c-]ccc4c3oc3ccccc34)c2)cc1.[2H]C([2H])([2H])c1cnc(-c2[c-]cc(F)cc2)cc1C([2H])([2H])[2H].[Ir]. The van der Waals surface area contributed by atoms with Crippen molar-refractivity contribution in [2.24, 2.45) is 0 Å². The molecule has 3 heterocycles. The summed E-state index contributed by atoms with van der Waals surface area (Å²) < 4.78 is 88.3. The number of hydrogen-bond acceptors (Lipinski definition) is 3. The van der Waals surface area contributed by atoms with Crippen LogP contribution in [0.5, 0.6) is 0 Å². The maximum absolute atomic E-state index is 12.9. The van der Waals surface area contributed by atoms with Crippen molar-refractivity contribution in [1.29, 1.82) is 0 Å². The molecular weight excluding hydrogens is 844 g/mol. The van der Waals surface area contributed by atoms with Crippen LogP contribution in [0.25, 0.3) is 77.8 Å². The zero-order chi connectivity index (χ0) is 43.8. The Morgan fingerprint density at radius 2 is 1.33 bits per heavy atom. The minimum absolute atomic E-state index is 0. The molecule has 265 valence electrons. The number of para-hydroxylation sites is 1. The van der Waals surface area contributed by atoms with Crippen molar-refractivity contribution in [3.05, 3.63) is 193 Å². The average molecular weight is 888 g/mol. The van der Waals surface area contributed by atoms with Crippen molar-refractivity contribution in [1.82, 2.24) is 9.97 Å². The molecule has 0 aliphatic rings. The molecule has 0 aliphatic heterocycles. The van der Waals surface area contributed by atoms with Gasteiger partial charge in [0.05, 0.1) is 5.58 Å². The van der Waals surface area contributed by atoms with Gasteiger partial charge in [0, 0.05) is 56.0 Å². The molecule has 0 fully saturated rings. The maximum Gasteiger partial charge on any atom is 0.120 e. The van der Waals surface area contributed by atoms with Gasteiger partial charge in [-0.2, -0.15) is 0 Å². The fourth-order valence-corrected chi connectivity index (χ4v) is 6.24. The van der Waals surface area contributed by atoms with Gasteiger partial charge in [-0.25, -0.2) is 0 Å². The van der Waals surface area contributed by atoms with Gasteiger partial charge in [-0.15, -0.1) is 48.0 Å². The normalized spacial score (nSPS) is 14.0. The van der Waals surface area contributed by atoms with Crippen LogP contribution in [-0.2, 0) is 20.1 Å². The van der Waals surface area contributed by atoms with Crippen LogP contribution in [0.3, 0.4) is 0 Å². The number of aromatic nitrogens is 2. The third-order valence-corrected chi connectivity index (χ3v) is 8.97. The molecule has 0 N–H and O–H groups in total. The van der Waals surface area contributed by atoms with Crippen molar-refractivity contribution in [2.75, 3.05) is 0 Å². The second-order valence-corrected chi connectivity index (χ2v) is 12.4. The van der Waals surface area contributed by atoms with E-state index in [-0.39, 0.29) is 36.9 Å². The van der Waals surface area contributed by atoms with Crippen LogP contribution in [0, 0.1) is 38.5 Å². The third-order valence-electron chi connectivity index (χ3n) is 8.97. The molecule has 1 radical (unpaired) electrons.